The highest BCUT2D eigenvalue weighted by molar-refractivity contribution is 5.85. The lowest BCUT2D eigenvalue weighted by Gasteiger charge is -2.21. The Morgan fingerprint density at radius 2 is 1.59 bits per heavy atom. The smallest absolute Gasteiger partial charge is 0.0366 e. The third kappa shape index (κ3) is 4.57. The summed E-state index contributed by atoms with van der Waals surface area (Å²) in [4.78, 5) is 2.34. The highest BCUT2D eigenvalue weighted by Gasteiger charge is 2.06. The lowest BCUT2D eigenvalue weighted by atomic mass is 10.0. The van der Waals surface area contributed by atoms with Crippen LogP contribution in [0.4, 0.5) is 5.69 Å². The second kappa shape index (κ2) is 8.37. The minimum absolute atomic E-state index is 0. The molecule has 0 aliphatic carbocycles. The molecule has 2 N–H and O–H groups in total. The minimum atomic E-state index is 0. The first kappa shape index (κ1) is 16.3. The standard InChI is InChI=1S/C14H24N2.ClH/c1-4-7-14(15)12-8-10-13(11-9-12)16(5-2)6-3;/h8-11,14H,4-7,15H2,1-3H3;1H/t14-;/m1./s1. The maximum atomic E-state index is 6.08. The van der Waals surface area contributed by atoms with E-state index in [1.165, 1.54) is 11.3 Å². The third-order valence-electron chi connectivity index (χ3n) is 3.05. The topological polar surface area (TPSA) is 29.3 Å². The van der Waals surface area contributed by atoms with Gasteiger partial charge in [0.05, 0.1) is 0 Å². The molecule has 2 nitrogen and oxygen atoms in total. The van der Waals surface area contributed by atoms with Gasteiger partial charge in [-0.15, -0.1) is 12.4 Å². The van der Waals surface area contributed by atoms with Crippen molar-refractivity contribution in [3.8, 4) is 0 Å². The normalized spacial score (nSPS) is 11.8. The van der Waals surface area contributed by atoms with Crippen LogP contribution in [0.15, 0.2) is 24.3 Å². The number of hydrogen-bond acceptors (Lipinski definition) is 2. The lowest BCUT2D eigenvalue weighted by molar-refractivity contribution is 0.638. The second-order valence-corrected chi connectivity index (χ2v) is 4.16. The van der Waals surface area contributed by atoms with Gasteiger partial charge in [-0.2, -0.15) is 0 Å². The Bertz CT molecular complexity index is 294. The number of nitrogens with two attached hydrogens (primary N) is 1. The zero-order valence-electron chi connectivity index (χ0n) is 11.1. The number of benzene rings is 1. The Balaban J connectivity index is 0.00000256. The maximum absolute atomic E-state index is 6.08. The summed E-state index contributed by atoms with van der Waals surface area (Å²) >= 11 is 0. The molecule has 0 aromatic heterocycles. The highest BCUT2D eigenvalue weighted by Crippen LogP contribution is 2.20. The monoisotopic (exact) mass is 256 g/mol. The summed E-state index contributed by atoms with van der Waals surface area (Å²) in [6, 6.07) is 8.87. The Morgan fingerprint density at radius 3 is 2.00 bits per heavy atom. The van der Waals surface area contributed by atoms with Crippen molar-refractivity contribution >= 4 is 18.1 Å². The molecule has 0 unspecified atom stereocenters. The van der Waals surface area contributed by atoms with Gasteiger partial charge in [0.2, 0.25) is 0 Å². The van der Waals surface area contributed by atoms with Crippen molar-refractivity contribution in [3.05, 3.63) is 29.8 Å². The van der Waals surface area contributed by atoms with Crippen LogP contribution in [0.1, 0.15) is 45.2 Å². The van der Waals surface area contributed by atoms with Gasteiger partial charge in [0.25, 0.3) is 0 Å². The Labute approximate surface area is 112 Å². The van der Waals surface area contributed by atoms with Crippen molar-refractivity contribution in [3.63, 3.8) is 0 Å². The fourth-order valence-electron chi connectivity index (χ4n) is 2.00. The minimum Gasteiger partial charge on any atom is -0.372 e. The molecule has 0 aliphatic heterocycles. The van der Waals surface area contributed by atoms with E-state index in [-0.39, 0.29) is 18.4 Å². The molecule has 0 saturated carbocycles. The summed E-state index contributed by atoms with van der Waals surface area (Å²) in [6.07, 6.45) is 2.20. The molecule has 0 radical (unpaired) electrons. The van der Waals surface area contributed by atoms with Gasteiger partial charge in [-0.25, -0.2) is 0 Å². The van der Waals surface area contributed by atoms with E-state index in [2.05, 4.69) is 49.9 Å². The van der Waals surface area contributed by atoms with E-state index < -0.39 is 0 Å². The van der Waals surface area contributed by atoms with Crippen molar-refractivity contribution in [1.82, 2.24) is 0 Å². The van der Waals surface area contributed by atoms with Crippen LogP contribution in [0.25, 0.3) is 0 Å². The Hall–Kier alpha value is -0.730. The molecule has 17 heavy (non-hydrogen) atoms. The van der Waals surface area contributed by atoms with E-state index in [1.807, 2.05) is 0 Å². The number of rotatable bonds is 6. The highest BCUT2D eigenvalue weighted by atomic mass is 35.5. The van der Waals surface area contributed by atoms with E-state index in [1.54, 1.807) is 0 Å². The van der Waals surface area contributed by atoms with Crippen LogP contribution in [-0.4, -0.2) is 13.1 Å². The molecule has 0 spiro atoms. The van der Waals surface area contributed by atoms with Crippen LogP contribution in [0, 0.1) is 0 Å². The zero-order chi connectivity index (χ0) is 12.0. The van der Waals surface area contributed by atoms with Crippen molar-refractivity contribution in [2.75, 3.05) is 18.0 Å². The van der Waals surface area contributed by atoms with E-state index in [0.717, 1.165) is 25.9 Å². The van der Waals surface area contributed by atoms with Crippen molar-refractivity contribution in [1.29, 1.82) is 0 Å². The van der Waals surface area contributed by atoms with Gasteiger partial charge in [-0.3, -0.25) is 0 Å². The van der Waals surface area contributed by atoms with Crippen molar-refractivity contribution in [2.45, 2.75) is 39.7 Å². The molecule has 0 heterocycles. The van der Waals surface area contributed by atoms with Crippen LogP contribution in [0.5, 0.6) is 0 Å². The van der Waals surface area contributed by atoms with Gasteiger partial charge >= 0.3 is 0 Å². The molecule has 0 amide bonds. The van der Waals surface area contributed by atoms with Crippen LogP contribution < -0.4 is 10.6 Å². The predicted molar refractivity (Wildman–Crippen MR) is 79.1 cm³/mol. The van der Waals surface area contributed by atoms with E-state index >= 15 is 0 Å². The van der Waals surface area contributed by atoms with E-state index in [4.69, 9.17) is 5.73 Å². The Kier molecular flexibility index (Phi) is 8.01. The molecule has 1 rings (SSSR count). The molecule has 0 bridgehead atoms. The SMILES string of the molecule is CCC[C@@H](N)c1ccc(N(CC)CC)cc1.Cl. The first-order valence-electron chi connectivity index (χ1n) is 6.33. The zero-order valence-corrected chi connectivity index (χ0v) is 12.0. The van der Waals surface area contributed by atoms with Gasteiger partial charge in [0, 0.05) is 24.8 Å². The summed E-state index contributed by atoms with van der Waals surface area (Å²) in [5, 5.41) is 0. The molecule has 1 aromatic carbocycles. The largest absolute Gasteiger partial charge is 0.372 e. The number of nitrogens with zero attached hydrogens (tertiary/aromatic N) is 1. The van der Waals surface area contributed by atoms with Gasteiger partial charge in [-0.05, 0) is 38.0 Å². The lowest BCUT2D eigenvalue weighted by Crippen LogP contribution is -2.21. The molecule has 98 valence electrons. The van der Waals surface area contributed by atoms with Gasteiger partial charge in [0.1, 0.15) is 0 Å². The van der Waals surface area contributed by atoms with Crippen LogP contribution in [-0.2, 0) is 0 Å². The third-order valence-corrected chi connectivity index (χ3v) is 3.05. The van der Waals surface area contributed by atoms with Gasteiger partial charge in [0.15, 0.2) is 0 Å². The van der Waals surface area contributed by atoms with Gasteiger partial charge in [-0.1, -0.05) is 25.5 Å². The van der Waals surface area contributed by atoms with Crippen molar-refractivity contribution in [2.24, 2.45) is 5.73 Å². The molecule has 3 heteroatoms. The molecular formula is C14H25ClN2. The number of halogens is 1. The first-order valence-corrected chi connectivity index (χ1v) is 6.33. The quantitative estimate of drug-likeness (QED) is 0.840. The summed E-state index contributed by atoms with van der Waals surface area (Å²) < 4.78 is 0. The average Bonchev–Trinajstić information content (AvgIpc) is 2.32. The second-order valence-electron chi connectivity index (χ2n) is 4.16. The fraction of sp³-hybridized carbons (Fsp3) is 0.571. The summed E-state index contributed by atoms with van der Waals surface area (Å²) in [6.45, 7) is 8.64. The maximum Gasteiger partial charge on any atom is 0.0366 e. The number of hydrogen-bond donors (Lipinski definition) is 1. The van der Waals surface area contributed by atoms with E-state index in [0.29, 0.717) is 0 Å². The summed E-state index contributed by atoms with van der Waals surface area (Å²) in [5.74, 6) is 0. The van der Waals surface area contributed by atoms with Crippen LogP contribution in [0.2, 0.25) is 0 Å². The van der Waals surface area contributed by atoms with Crippen molar-refractivity contribution < 1.29 is 0 Å². The molecule has 1 atom stereocenters. The first-order chi connectivity index (χ1) is 7.72. The fourth-order valence-corrected chi connectivity index (χ4v) is 2.00. The van der Waals surface area contributed by atoms with Crippen LogP contribution in [0.3, 0.4) is 0 Å². The molecule has 0 aliphatic rings. The van der Waals surface area contributed by atoms with E-state index in [9.17, 15) is 0 Å². The van der Waals surface area contributed by atoms with Gasteiger partial charge < -0.3 is 10.6 Å². The molecule has 0 fully saturated rings. The predicted octanol–water partition coefficient (Wildman–Crippen LogP) is 3.75. The molecule has 1 aromatic rings. The molecule has 0 saturated heterocycles. The molecular weight excluding hydrogens is 232 g/mol. The Morgan fingerprint density at radius 1 is 1.06 bits per heavy atom. The van der Waals surface area contributed by atoms with Crippen LogP contribution >= 0.6 is 12.4 Å². The summed E-state index contributed by atoms with van der Waals surface area (Å²) in [7, 11) is 0. The number of anilines is 1. The average molecular weight is 257 g/mol. The summed E-state index contributed by atoms with van der Waals surface area (Å²) in [5.41, 5.74) is 8.62.